The van der Waals surface area contributed by atoms with Crippen LogP contribution in [0, 0.1) is 0 Å². The summed E-state index contributed by atoms with van der Waals surface area (Å²) in [5.41, 5.74) is 1.28. The molecule has 12 nitrogen and oxygen atoms in total. The van der Waals surface area contributed by atoms with E-state index in [-0.39, 0.29) is 57.5 Å². The first kappa shape index (κ1) is 35.8. The Bertz CT molecular complexity index is 2420. The lowest BCUT2D eigenvalue weighted by atomic mass is 10.1. The average Bonchev–Trinajstić information content (AvgIpc) is 3.11. The molecule has 0 atom stereocenters. The van der Waals surface area contributed by atoms with Gasteiger partial charge in [0.05, 0.1) is 66.9 Å². The SMILES string of the molecule is CCOC(=O)Cn1c2ccccc2c(=O)c2c(OC)cc(Cl)c(OC)c21.COc1cc(Cl)c(OC)c2c1c(=O)c1ccccc1n2CC(=O)O. The number of esters is 1. The van der Waals surface area contributed by atoms with Gasteiger partial charge in [0.15, 0.2) is 11.5 Å². The number of carbonyl (C=O) groups is 2. The van der Waals surface area contributed by atoms with Crippen molar-refractivity contribution in [2.24, 2.45) is 0 Å². The van der Waals surface area contributed by atoms with E-state index in [4.69, 9.17) is 46.9 Å². The number of rotatable bonds is 9. The van der Waals surface area contributed by atoms with Gasteiger partial charge < -0.3 is 37.9 Å². The summed E-state index contributed by atoms with van der Waals surface area (Å²) in [6.45, 7) is 1.55. The molecule has 0 amide bonds. The zero-order chi connectivity index (χ0) is 36.3. The van der Waals surface area contributed by atoms with Gasteiger partial charge in [-0.2, -0.15) is 0 Å². The van der Waals surface area contributed by atoms with Crippen LogP contribution in [0.25, 0.3) is 43.6 Å². The van der Waals surface area contributed by atoms with E-state index in [0.717, 1.165) is 0 Å². The summed E-state index contributed by atoms with van der Waals surface area (Å²) in [5, 5.41) is 11.2. The summed E-state index contributed by atoms with van der Waals surface area (Å²) in [7, 11) is 5.76. The first-order valence-electron chi connectivity index (χ1n) is 15.1. The summed E-state index contributed by atoms with van der Waals surface area (Å²) in [6, 6.07) is 16.9. The molecule has 14 heteroatoms. The summed E-state index contributed by atoms with van der Waals surface area (Å²) in [5.74, 6) is -0.356. The fourth-order valence-electron chi connectivity index (χ4n) is 5.97. The smallest absolute Gasteiger partial charge is 0.325 e. The molecule has 0 aliphatic carbocycles. The number of hydrogen-bond acceptors (Lipinski definition) is 9. The van der Waals surface area contributed by atoms with E-state index in [0.29, 0.717) is 49.7 Å². The highest BCUT2D eigenvalue weighted by Crippen LogP contribution is 2.41. The predicted molar refractivity (Wildman–Crippen MR) is 192 cm³/mol. The van der Waals surface area contributed by atoms with Crippen molar-refractivity contribution < 1.29 is 38.4 Å². The number of aromatic nitrogens is 2. The number of methoxy groups -OCH3 is 4. The number of pyridine rings is 2. The van der Waals surface area contributed by atoms with Gasteiger partial charge in [-0.3, -0.25) is 19.2 Å². The number of aliphatic carboxylic acids is 1. The van der Waals surface area contributed by atoms with Gasteiger partial charge in [-0.25, -0.2) is 0 Å². The fourth-order valence-corrected chi connectivity index (χ4v) is 6.50. The minimum Gasteiger partial charge on any atom is -0.496 e. The van der Waals surface area contributed by atoms with Crippen LogP contribution in [0.3, 0.4) is 0 Å². The molecule has 50 heavy (non-hydrogen) atoms. The van der Waals surface area contributed by atoms with Crippen molar-refractivity contribution in [3.63, 3.8) is 0 Å². The third-order valence-electron chi connectivity index (χ3n) is 7.95. The Balaban J connectivity index is 0.000000195. The second-order valence-corrected chi connectivity index (χ2v) is 11.5. The van der Waals surface area contributed by atoms with Gasteiger partial charge in [0, 0.05) is 22.9 Å². The Labute approximate surface area is 294 Å². The monoisotopic (exact) mass is 722 g/mol. The van der Waals surface area contributed by atoms with Gasteiger partial charge in [0.1, 0.15) is 35.6 Å². The maximum Gasteiger partial charge on any atom is 0.325 e. The van der Waals surface area contributed by atoms with E-state index >= 15 is 0 Å². The van der Waals surface area contributed by atoms with Crippen molar-refractivity contribution in [1.29, 1.82) is 0 Å². The molecule has 0 aliphatic heterocycles. The molecule has 2 aromatic heterocycles. The third kappa shape index (κ3) is 6.35. The average molecular weight is 724 g/mol. The molecule has 6 aromatic rings. The minimum atomic E-state index is -1.05. The van der Waals surface area contributed by atoms with Crippen LogP contribution in [-0.4, -0.2) is 61.2 Å². The number of benzene rings is 4. The maximum atomic E-state index is 13.1. The van der Waals surface area contributed by atoms with E-state index in [1.165, 1.54) is 45.1 Å². The van der Waals surface area contributed by atoms with Gasteiger partial charge >= 0.3 is 11.9 Å². The largest absolute Gasteiger partial charge is 0.496 e. The molecule has 0 radical (unpaired) electrons. The Morgan fingerprint density at radius 3 is 1.48 bits per heavy atom. The lowest BCUT2D eigenvalue weighted by Gasteiger charge is -2.19. The number of halogens is 2. The topological polar surface area (TPSA) is 145 Å². The molecule has 0 spiro atoms. The van der Waals surface area contributed by atoms with Crippen LogP contribution >= 0.6 is 23.2 Å². The minimum absolute atomic E-state index is 0.0923. The standard InChI is InChI=1S/C19H18ClNO5.C17H14ClNO5/c1-4-26-15(22)10-21-13-8-6-5-7-11(13)18(23)16-14(24-2)9-12(20)19(25-3)17(16)21;1-23-12-7-10(18)17(24-2)15-14(12)16(22)9-5-3-4-6-11(9)19(15)8-13(20)21/h5-9H,4,10H2,1-3H3;3-7H,8H2,1-2H3,(H,20,21). The van der Waals surface area contributed by atoms with Crippen molar-refractivity contribution in [2.45, 2.75) is 20.0 Å². The van der Waals surface area contributed by atoms with E-state index in [2.05, 4.69) is 0 Å². The highest BCUT2D eigenvalue weighted by atomic mass is 35.5. The second-order valence-electron chi connectivity index (χ2n) is 10.7. The first-order valence-corrected chi connectivity index (χ1v) is 15.9. The Morgan fingerprint density at radius 1 is 0.680 bits per heavy atom. The third-order valence-corrected chi connectivity index (χ3v) is 8.51. The lowest BCUT2D eigenvalue weighted by molar-refractivity contribution is -0.143. The van der Waals surface area contributed by atoms with Crippen LogP contribution < -0.4 is 29.8 Å². The summed E-state index contributed by atoms with van der Waals surface area (Å²) in [6.07, 6.45) is 0. The Kier molecular flexibility index (Phi) is 10.7. The molecular formula is C36H32Cl2N2O10. The quantitative estimate of drug-likeness (QED) is 0.133. The second kappa shape index (κ2) is 15.0. The number of fused-ring (bicyclic) bond motifs is 4. The fraction of sp³-hybridized carbons (Fsp3) is 0.222. The van der Waals surface area contributed by atoms with Crippen LogP contribution in [0.4, 0.5) is 0 Å². The Hall–Kier alpha value is -5.46. The van der Waals surface area contributed by atoms with Crippen LogP contribution in [0.15, 0.2) is 70.3 Å². The van der Waals surface area contributed by atoms with Gasteiger partial charge in [-0.15, -0.1) is 0 Å². The molecule has 0 saturated heterocycles. The number of ether oxygens (including phenoxy) is 5. The highest BCUT2D eigenvalue weighted by Gasteiger charge is 2.24. The molecule has 6 rings (SSSR count). The van der Waals surface area contributed by atoms with Gasteiger partial charge in [-0.05, 0) is 31.2 Å². The van der Waals surface area contributed by atoms with Crippen molar-refractivity contribution in [3.8, 4) is 23.0 Å². The van der Waals surface area contributed by atoms with E-state index < -0.39 is 11.9 Å². The van der Waals surface area contributed by atoms with E-state index in [1.807, 2.05) is 0 Å². The number of nitrogens with zero attached hydrogens (tertiary/aromatic N) is 2. The number of para-hydroxylation sites is 2. The van der Waals surface area contributed by atoms with Crippen LogP contribution in [0.1, 0.15) is 6.92 Å². The van der Waals surface area contributed by atoms with E-state index in [9.17, 15) is 24.3 Å². The molecule has 4 aromatic carbocycles. The molecule has 0 unspecified atom stereocenters. The van der Waals surface area contributed by atoms with Crippen molar-refractivity contribution in [2.75, 3.05) is 35.0 Å². The molecule has 0 fully saturated rings. The molecule has 0 aliphatic rings. The van der Waals surface area contributed by atoms with Gasteiger partial charge in [0.2, 0.25) is 10.9 Å². The molecule has 0 saturated carbocycles. The lowest BCUT2D eigenvalue weighted by Crippen LogP contribution is -2.19. The Morgan fingerprint density at radius 2 is 1.10 bits per heavy atom. The summed E-state index contributed by atoms with van der Waals surface area (Å²) < 4.78 is 29.7. The summed E-state index contributed by atoms with van der Waals surface area (Å²) >= 11 is 12.6. The number of carboxylic acids is 1. The normalized spacial score (nSPS) is 10.9. The zero-order valence-corrected chi connectivity index (χ0v) is 29.2. The van der Waals surface area contributed by atoms with Crippen LogP contribution in [-0.2, 0) is 27.4 Å². The van der Waals surface area contributed by atoms with Crippen molar-refractivity contribution in [1.82, 2.24) is 9.13 Å². The molecule has 260 valence electrons. The highest BCUT2D eigenvalue weighted by molar-refractivity contribution is 6.34. The number of carbonyl (C=O) groups excluding carboxylic acids is 1. The number of carboxylic acid groups (broad SMARTS) is 1. The predicted octanol–water partition coefficient (Wildman–Crippen LogP) is 6.30. The van der Waals surface area contributed by atoms with Crippen molar-refractivity contribution in [3.05, 3.63) is 91.2 Å². The molecule has 1 N–H and O–H groups in total. The van der Waals surface area contributed by atoms with Gasteiger partial charge in [-0.1, -0.05) is 47.5 Å². The van der Waals surface area contributed by atoms with Crippen LogP contribution in [0.2, 0.25) is 10.0 Å². The van der Waals surface area contributed by atoms with E-state index in [1.54, 1.807) is 60.0 Å². The number of hydrogen-bond donors (Lipinski definition) is 1. The van der Waals surface area contributed by atoms with Gasteiger partial charge in [0.25, 0.3) is 0 Å². The van der Waals surface area contributed by atoms with Crippen molar-refractivity contribution >= 4 is 78.8 Å². The maximum absolute atomic E-state index is 13.1. The first-order chi connectivity index (χ1) is 24.0. The molecule has 2 heterocycles. The summed E-state index contributed by atoms with van der Waals surface area (Å²) in [4.78, 5) is 49.6. The molecular weight excluding hydrogens is 691 g/mol. The zero-order valence-electron chi connectivity index (χ0n) is 27.7. The molecule has 0 bridgehead atoms. The van der Waals surface area contributed by atoms with Crippen LogP contribution in [0.5, 0.6) is 23.0 Å².